The molecule has 6 aromatic rings. The number of nitrogens with two attached hydrogens (primary N) is 2. The maximum absolute atomic E-state index is 14.9. The number of para-hydroxylation sites is 1. The number of H-pyrrole nitrogens is 2. The second-order valence-electron chi connectivity index (χ2n) is 22.2. The zero-order chi connectivity index (χ0) is 63.0. The van der Waals surface area contributed by atoms with Crippen molar-refractivity contribution in [3.8, 4) is 5.75 Å². The minimum Gasteiger partial charge on any atom is -0.508 e. The summed E-state index contributed by atoms with van der Waals surface area (Å²) in [6.07, 6.45) is 5.17. The van der Waals surface area contributed by atoms with Crippen molar-refractivity contribution >= 4 is 64.1 Å². The molecule has 0 aliphatic heterocycles. The third-order valence-corrected chi connectivity index (χ3v) is 14.4. The van der Waals surface area contributed by atoms with Crippen LogP contribution < -0.4 is 54.0 Å². The van der Waals surface area contributed by atoms with Crippen LogP contribution in [0, 0.1) is 18.4 Å². The Kier molecular flexibility index (Phi) is 25.6. The van der Waals surface area contributed by atoms with E-state index in [0.29, 0.717) is 35.2 Å². The number of rotatable bonds is 34. The van der Waals surface area contributed by atoms with Crippen molar-refractivity contribution in [2.75, 3.05) is 6.54 Å². The van der Waals surface area contributed by atoms with Gasteiger partial charge in [0.05, 0.1) is 12.4 Å². The molecule has 2 heterocycles. The molecule has 0 aliphatic carbocycles. The number of phenolic OH excluding ortho intramolecular Hbond substituents is 1. The van der Waals surface area contributed by atoms with Crippen molar-refractivity contribution in [2.45, 2.75) is 134 Å². The number of phenols is 1. The lowest BCUT2D eigenvalue weighted by Gasteiger charge is -2.28. The summed E-state index contributed by atoms with van der Waals surface area (Å²) in [5.74, 6) is -8.22. The van der Waals surface area contributed by atoms with E-state index in [2.05, 4.69) is 57.5 Å². The molecule has 0 spiro atoms. The first-order valence-corrected chi connectivity index (χ1v) is 29.0. The lowest BCUT2D eigenvalue weighted by atomic mass is 9.99. The number of benzene rings is 4. The molecule has 0 bridgehead atoms. The van der Waals surface area contributed by atoms with E-state index in [1.54, 1.807) is 68.6 Å². The zero-order valence-corrected chi connectivity index (χ0v) is 49.2. The van der Waals surface area contributed by atoms with Crippen LogP contribution >= 0.6 is 0 Å². The van der Waals surface area contributed by atoms with E-state index in [-0.39, 0.29) is 63.2 Å². The number of aromatic nitrogens is 3. The van der Waals surface area contributed by atoms with Crippen molar-refractivity contribution in [3.05, 3.63) is 162 Å². The second kappa shape index (κ2) is 33.3. The smallest absolute Gasteiger partial charge is 0.326 e. The number of carbonyl (C=O) groups is 9. The lowest BCUT2D eigenvalue weighted by Crippen LogP contribution is -2.60. The molecular weight excluding hydrogens is 1110 g/mol. The highest BCUT2D eigenvalue weighted by atomic mass is 16.4. The zero-order valence-electron chi connectivity index (χ0n) is 49.2. The summed E-state index contributed by atoms with van der Waals surface area (Å²) in [5, 5.41) is 42.0. The number of hydrogen-bond acceptors (Lipinski definition) is 13. The lowest BCUT2D eigenvalue weighted by molar-refractivity contribution is -0.143. The molecule has 1 radical (unpaired) electrons. The van der Waals surface area contributed by atoms with Gasteiger partial charge >= 0.3 is 5.97 Å². The largest absolute Gasteiger partial charge is 0.508 e. The number of aromatic hydroxyl groups is 1. The molecule has 24 nitrogen and oxygen atoms in total. The average molecular weight is 1200 g/mol. The number of hydrogen-bond donors (Lipinski definition) is 14. The molecule has 87 heavy (non-hydrogen) atoms. The van der Waals surface area contributed by atoms with E-state index in [1.165, 1.54) is 24.7 Å². The minimum atomic E-state index is -1.44. The number of fused-ring (bicyclic) bond motifs is 1. The fraction of sp³-hybridized carbons (Fsp3) is 0.381. The number of amides is 8. The molecule has 463 valence electrons. The van der Waals surface area contributed by atoms with Crippen LogP contribution in [-0.2, 0) is 75.3 Å². The van der Waals surface area contributed by atoms with E-state index in [0.717, 1.165) is 23.0 Å². The summed E-state index contributed by atoms with van der Waals surface area (Å²) < 4.78 is 0. The number of nitrogens with one attached hydrogen (secondary N) is 10. The Labute approximate surface area is 505 Å². The predicted molar refractivity (Wildman–Crippen MR) is 325 cm³/mol. The molecule has 8 amide bonds. The molecule has 4 aromatic carbocycles. The number of nitrogens with zero attached hydrogens (tertiary/aromatic N) is 1. The van der Waals surface area contributed by atoms with Crippen molar-refractivity contribution < 1.29 is 53.4 Å². The van der Waals surface area contributed by atoms with Gasteiger partial charge in [0.1, 0.15) is 54.6 Å². The Morgan fingerprint density at radius 3 is 1.66 bits per heavy atom. The Morgan fingerprint density at radius 1 is 0.552 bits per heavy atom. The summed E-state index contributed by atoms with van der Waals surface area (Å²) in [6, 6.07) is 20.8. The molecule has 8 unspecified atom stereocenters. The van der Waals surface area contributed by atoms with Crippen LogP contribution in [0.3, 0.4) is 0 Å². The number of imidazole rings is 1. The van der Waals surface area contributed by atoms with Crippen LogP contribution in [0.1, 0.15) is 81.3 Å². The van der Waals surface area contributed by atoms with Gasteiger partial charge in [-0.1, -0.05) is 119 Å². The van der Waals surface area contributed by atoms with E-state index in [1.807, 2.05) is 62.4 Å². The quantitative estimate of drug-likeness (QED) is 0.0257. The fourth-order valence-electron chi connectivity index (χ4n) is 9.70. The summed E-state index contributed by atoms with van der Waals surface area (Å²) in [7, 11) is 0. The molecule has 0 saturated carbocycles. The monoisotopic (exact) mass is 1190 g/mol. The standard InChI is InChI=1S/C63H80N13O11/c1-37(2)27-49(72-56(79)46(65)28-39-15-7-5-8-16-39)59(82)73-51(30-41-22-24-44(77)25-23-41)60(83)71-48(21-13-14-26-64)58(81)74-52(31-42-33-67-47-20-12-11-19-45(42)47)61(84)75-53(32-43-34-66-36-69-43)57(80)68-35-54(78)70-50(29-40-17-9-6-10-18-40)62(85)76-55(38(3)4)63(86)87/h5-12,15-20,22-25,33-38,46,48-53,55,67,77H,13-14,21,26-32,64-65H2,1-4H3,(H,66,69)(H,68,80)(H,70,78)(H,71,83)(H,72,79)(H,73,82)(H,74,81)(H,75,84)(H,76,85)(H,86,87). The maximum Gasteiger partial charge on any atom is 0.326 e. The molecule has 8 atom stereocenters. The fourth-order valence-corrected chi connectivity index (χ4v) is 9.70. The number of aliphatic carboxylic acids is 1. The Hall–Kier alpha value is -9.42. The molecular formula is C63H80N13O11. The number of carbonyl (C=O) groups excluding carboxylic acids is 8. The summed E-state index contributed by atoms with van der Waals surface area (Å²) in [6.45, 7) is 8.00. The molecule has 0 saturated heterocycles. The van der Waals surface area contributed by atoms with Crippen molar-refractivity contribution in [2.24, 2.45) is 23.3 Å². The number of carboxylic acids is 1. The summed E-state index contributed by atoms with van der Waals surface area (Å²) >= 11 is 0. The number of aromatic amines is 2. The van der Waals surface area contributed by atoms with Crippen LogP contribution in [0.25, 0.3) is 10.9 Å². The first kappa shape index (κ1) is 66.7. The van der Waals surface area contributed by atoms with Crippen LogP contribution in [-0.4, -0.2) is 133 Å². The third kappa shape index (κ3) is 21.2. The number of unbranched alkanes of at least 4 members (excludes halogenated alkanes) is 1. The van der Waals surface area contributed by atoms with Gasteiger partial charge in [-0.05, 0) is 90.9 Å². The summed E-state index contributed by atoms with van der Waals surface area (Å²) in [4.78, 5) is 136. The molecule has 2 aromatic heterocycles. The molecule has 6 rings (SSSR count). The normalized spacial score (nSPS) is 14.0. The Balaban J connectivity index is 1.24. The van der Waals surface area contributed by atoms with Crippen molar-refractivity contribution in [1.29, 1.82) is 0 Å². The number of carboxylic acid groups (broad SMARTS) is 1. The van der Waals surface area contributed by atoms with Crippen molar-refractivity contribution in [1.82, 2.24) is 57.5 Å². The maximum atomic E-state index is 14.9. The average Bonchev–Trinajstić information content (AvgIpc) is 2.51. The van der Waals surface area contributed by atoms with Gasteiger partial charge in [0.15, 0.2) is 0 Å². The van der Waals surface area contributed by atoms with Gasteiger partial charge in [-0.3, -0.25) is 38.4 Å². The van der Waals surface area contributed by atoms with Gasteiger partial charge in [0.25, 0.3) is 0 Å². The highest BCUT2D eigenvalue weighted by Gasteiger charge is 2.35. The van der Waals surface area contributed by atoms with E-state index < -0.39 is 107 Å². The van der Waals surface area contributed by atoms with Gasteiger partial charge < -0.3 is 74.2 Å². The Morgan fingerprint density at radius 2 is 1.07 bits per heavy atom. The third-order valence-electron chi connectivity index (χ3n) is 14.4. The van der Waals surface area contributed by atoms with Gasteiger partial charge in [-0.15, -0.1) is 0 Å². The van der Waals surface area contributed by atoms with Crippen LogP contribution in [0.5, 0.6) is 5.75 Å². The highest BCUT2D eigenvalue weighted by Crippen LogP contribution is 2.21. The van der Waals surface area contributed by atoms with E-state index in [9.17, 15) is 53.4 Å². The summed E-state index contributed by atoms with van der Waals surface area (Å²) in [5.41, 5.74) is 15.9. The molecule has 16 N–H and O–H groups in total. The van der Waals surface area contributed by atoms with Crippen LogP contribution in [0.15, 0.2) is 128 Å². The second-order valence-corrected chi connectivity index (χ2v) is 22.2. The Bertz CT molecular complexity index is 3230. The van der Waals surface area contributed by atoms with Crippen LogP contribution in [0.4, 0.5) is 0 Å². The van der Waals surface area contributed by atoms with Gasteiger partial charge in [0.2, 0.25) is 47.3 Å². The SMILES string of the molecule is CC(C)CC(NC(=O)C(N)Cc1ccccc1)C(=O)NC(Cc1ccc(O)cc1)C(=O)NC(CCCCN)C(=O)NC(Cc1c[nH]c2ccccc12)C(=O)NC(Cc1cnc[nH]1)C(=O)N[CH]C(=O)NC(Cc1ccccc1)C(=O)NC(C(=O)O)C(C)C. The van der Waals surface area contributed by atoms with E-state index >= 15 is 0 Å². The van der Waals surface area contributed by atoms with Gasteiger partial charge in [-0.2, -0.15) is 0 Å². The first-order valence-electron chi connectivity index (χ1n) is 29.0. The molecule has 24 heteroatoms. The highest BCUT2D eigenvalue weighted by molar-refractivity contribution is 5.99. The molecule has 0 fully saturated rings. The van der Waals surface area contributed by atoms with Crippen molar-refractivity contribution in [3.63, 3.8) is 0 Å². The van der Waals surface area contributed by atoms with E-state index in [4.69, 9.17) is 11.5 Å². The molecule has 0 aliphatic rings. The van der Waals surface area contributed by atoms with Gasteiger partial charge in [-0.25, -0.2) is 9.78 Å². The van der Waals surface area contributed by atoms with Gasteiger partial charge in [0, 0.05) is 54.7 Å². The minimum absolute atomic E-state index is 0.0237. The van der Waals surface area contributed by atoms with Crippen LogP contribution in [0.2, 0.25) is 0 Å². The predicted octanol–water partition coefficient (Wildman–Crippen LogP) is 2.02. The topological polar surface area (TPSA) is 387 Å². The first-order chi connectivity index (χ1) is 41.7.